The van der Waals surface area contributed by atoms with Gasteiger partial charge < -0.3 is 9.97 Å². The van der Waals surface area contributed by atoms with Crippen molar-refractivity contribution in [2.75, 3.05) is 0 Å². The summed E-state index contributed by atoms with van der Waals surface area (Å²) in [5, 5.41) is 21.2. The van der Waals surface area contributed by atoms with Crippen LogP contribution in [0.2, 0.25) is 0 Å². The Morgan fingerprint density at radius 2 is 2.20 bits per heavy atom. The van der Waals surface area contributed by atoms with Gasteiger partial charge in [-0.05, 0) is 22.6 Å². The molecule has 5 aromatic heterocycles. The zero-order valence-corrected chi connectivity index (χ0v) is 12.4. The Hall–Kier alpha value is -4.09. The minimum absolute atomic E-state index is 0.0389. The first-order valence-corrected chi connectivity index (χ1v) is 7.13. The number of hydrogen-bond acceptors (Lipinski definition) is 7. The van der Waals surface area contributed by atoms with Gasteiger partial charge in [0.25, 0.3) is 5.95 Å². The zero-order valence-electron chi connectivity index (χ0n) is 13.4. The summed E-state index contributed by atoms with van der Waals surface area (Å²) in [4.78, 5) is 14.8. The van der Waals surface area contributed by atoms with Gasteiger partial charge in [0.1, 0.15) is 11.4 Å². The van der Waals surface area contributed by atoms with Crippen molar-refractivity contribution < 1.29 is 1.37 Å². The SMILES string of the molecule is [2H]c1c(-n2[c]nc(-c3ccc[nH]3)c2-c2ncc[nH]2)nnn1-c1nnn[nH]1. The zero-order chi connectivity index (χ0) is 17.5. The van der Waals surface area contributed by atoms with Gasteiger partial charge in [0.15, 0.2) is 18.0 Å². The molecule has 5 heterocycles. The maximum absolute atomic E-state index is 8.36. The second-order valence-electron chi connectivity index (χ2n) is 4.93. The van der Waals surface area contributed by atoms with Crippen LogP contribution >= 0.6 is 0 Å². The van der Waals surface area contributed by atoms with E-state index < -0.39 is 0 Å². The number of H-pyrrole nitrogens is 3. The average molecular weight is 334 g/mol. The molecule has 0 fully saturated rings. The maximum Gasteiger partial charge on any atom is 0.269 e. The first kappa shape index (κ1) is 12.3. The number of tetrazole rings is 1. The molecule has 0 bridgehead atoms. The highest BCUT2D eigenvalue weighted by Gasteiger charge is 2.21. The molecule has 3 N–H and O–H groups in total. The van der Waals surface area contributed by atoms with E-state index in [-0.39, 0.29) is 17.9 Å². The number of aromatic amines is 3. The van der Waals surface area contributed by atoms with Crippen LogP contribution in [0.25, 0.3) is 34.7 Å². The standard InChI is InChI=1S/C13H9N12/c1-2-8(14-3-1)10-11(12-15-4-5-16-12)24(7-17-10)9-6-25(23-18-9)13-19-21-22-20-13/h1-6,14H,(H,15,16)(H,19,20,21,22)/i6D. The van der Waals surface area contributed by atoms with Crippen LogP contribution in [0.5, 0.6) is 0 Å². The molecule has 12 heteroatoms. The van der Waals surface area contributed by atoms with Crippen LogP contribution in [-0.2, 0) is 0 Å². The molecule has 25 heavy (non-hydrogen) atoms. The Labute approximate surface area is 140 Å². The second-order valence-corrected chi connectivity index (χ2v) is 4.93. The first-order valence-electron chi connectivity index (χ1n) is 7.63. The molecule has 121 valence electrons. The number of nitrogens with one attached hydrogen (secondary N) is 3. The third-order valence-electron chi connectivity index (χ3n) is 3.47. The summed E-state index contributed by atoms with van der Waals surface area (Å²) in [6.07, 6.45) is 7.94. The minimum Gasteiger partial charge on any atom is -0.360 e. The molecule has 0 aliphatic rings. The van der Waals surface area contributed by atoms with E-state index in [2.05, 4.69) is 57.2 Å². The largest absolute Gasteiger partial charge is 0.360 e. The lowest BCUT2D eigenvalue weighted by atomic mass is 10.2. The van der Waals surface area contributed by atoms with Gasteiger partial charge in [-0.15, -0.1) is 5.10 Å². The highest BCUT2D eigenvalue weighted by Crippen LogP contribution is 2.29. The lowest BCUT2D eigenvalue weighted by Crippen LogP contribution is -1.99. The molecule has 0 amide bonds. The molecular formula is C13H9N12. The summed E-state index contributed by atoms with van der Waals surface area (Å²) in [5.74, 6) is 0.940. The quantitative estimate of drug-likeness (QED) is 0.424. The summed E-state index contributed by atoms with van der Waals surface area (Å²) in [6.45, 7) is 0. The van der Waals surface area contributed by atoms with Crippen LogP contribution in [-0.4, -0.2) is 60.1 Å². The monoisotopic (exact) mass is 334 g/mol. The van der Waals surface area contributed by atoms with E-state index in [0.29, 0.717) is 17.2 Å². The van der Waals surface area contributed by atoms with Gasteiger partial charge >= 0.3 is 0 Å². The molecule has 0 aliphatic carbocycles. The summed E-state index contributed by atoms with van der Waals surface area (Å²) >= 11 is 0. The smallest absolute Gasteiger partial charge is 0.269 e. The van der Waals surface area contributed by atoms with Crippen LogP contribution in [0.1, 0.15) is 1.37 Å². The van der Waals surface area contributed by atoms with Crippen LogP contribution in [0, 0.1) is 6.33 Å². The molecule has 0 atom stereocenters. The van der Waals surface area contributed by atoms with Gasteiger partial charge in [-0.3, -0.25) is 4.57 Å². The van der Waals surface area contributed by atoms with Gasteiger partial charge in [-0.25, -0.2) is 15.1 Å². The number of hydrogen-bond donors (Lipinski definition) is 3. The Kier molecular flexibility index (Phi) is 2.58. The van der Waals surface area contributed by atoms with Crippen molar-refractivity contribution >= 4 is 0 Å². The van der Waals surface area contributed by atoms with Crippen molar-refractivity contribution in [2.24, 2.45) is 0 Å². The fraction of sp³-hybridized carbons (Fsp3) is 0. The number of rotatable bonds is 4. The van der Waals surface area contributed by atoms with Gasteiger partial charge in [0.05, 0.1) is 13.2 Å². The van der Waals surface area contributed by atoms with E-state index in [4.69, 9.17) is 1.37 Å². The summed E-state index contributed by atoms with van der Waals surface area (Å²) < 4.78 is 11.1. The minimum atomic E-state index is -0.0389. The third kappa shape index (κ3) is 2.12. The lowest BCUT2D eigenvalue weighted by Gasteiger charge is -2.03. The lowest BCUT2D eigenvalue weighted by molar-refractivity contribution is 0.755. The van der Waals surface area contributed by atoms with Crippen LogP contribution in [0.3, 0.4) is 0 Å². The number of imidazole rings is 2. The molecule has 0 saturated carbocycles. The van der Waals surface area contributed by atoms with Gasteiger partial charge in [-0.2, -0.15) is 4.68 Å². The fourth-order valence-corrected chi connectivity index (χ4v) is 2.40. The summed E-state index contributed by atoms with van der Waals surface area (Å²) in [7, 11) is 0. The number of aromatic nitrogens is 12. The fourth-order valence-electron chi connectivity index (χ4n) is 2.40. The van der Waals surface area contributed by atoms with Crippen molar-refractivity contribution in [3.05, 3.63) is 43.2 Å². The van der Waals surface area contributed by atoms with Crippen molar-refractivity contribution in [3.63, 3.8) is 0 Å². The topological polar surface area (TPSA) is 147 Å². The molecule has 5 rings (SSSR count). The normalized spacial score (nSPS) is 11.8. The molecule has 12 nitrogen and oxygen atoms in total. The van der Waals surface area contributed by atoms with Crippen LogP contribution in [0.4, 0.5) is 0 Å². The molecule has 0 saturated heterocycles. The molecule has 0 unspecified atom stereocenters. The van der Waals surface area contributed by atoms with E-state index in [1.165, 1.54) is 9.25 Å². The van der Waals surface area contributed by atoms with Gasteiger partial charge in [0, 0.05) is 18.6 Å². The van der Waals surface area contributed by atoms with Crippen LogP contribution < -0.4 is 0 Å². The maximum atomic E-state index is 8.36. The number of nitrogens with zero attached hydrogens (tertiary/aromatic N) is 9. The summed E-state index contributed by atoms with van der Waals surface area (Å²) in [5.41, 5.74) is 1.98. The predicted octanol–water partition coefficient (Wildman–Crippen LogP) is 0.151. The van der Waals surface area contributed by atoms with E-state index >= 15 is 0 Å². The summed E-state index contributed by atoms with van der Waals surface area (Å²) in [6, 6.07) is 3.75. The Bertz CT molecular complexity index is 1130. The van der Waals surface area contributed by atoms with E-state index in [9.17, 15) is 0 Å². The second kappa shape index (κ2) is 5.23. The highest BCUT2D eigenvalue weighted by atomic mass is 15.6. The van der Waals surface area contributed by atoms with Crippen molar-refractivity contribution in [3.8, 4) is 34.7 Å². The Morgan fingerprint density at radius 3 is 2.96 bits per heavy atom. The van der Waals surface area contributed by atoms with Crippen LogP contribution in [0.15, 0.2) is 36.9 Å². The van der Waals surface area contributed by atoms with Crippen molar-refractivity contribution in [1.82, 2.24) is 60.1 Å². The Balaban J connectivity index is 1.72. The van der Waals surface area contributed by atoms with E-state index in [0.717, 1.165) is 5.69 Å². The van der Waals surface area contributed by atoms with Gasteiger partial charge in [-0.1, -0.05) is 10.3 Å². The molecule has 0 aromatic carbocycles. The van der Waals surface area contributed by atoms with E-state index in [1.807, 2.05) is 12.1 Å². The average Bonchev–Trinajstić information content (AvgIpc) is 3.43. The molecule has 5 aromatic rings. The molecule has 0 spiro atoms. The first-order chi connectivity index (χ1) is 12.8. The molecular weight excluding hydrogens is 324 g/mol. The predicted molar refractivity (Wildman–Crippen MR) is 82.4 cm³/mol. The van der Waals surface area contributed by atoms with Crippen molar-refractivity contribution in [1.29, 1.82) is 0 Å². The molecule has 1 radical (unpaired) electrons. The van der Waals surface area contributed by atoms with Crippen molar-refractivity contribution in [2.45, 2.75) is 0 Å². The van der Waals surface area contributed by atoms with Gasteiger partial charge in [0.2, 0.25) is 0 Å². The third-order valence-corrected chi connectivity index (χ3v) is 3.47. The highest BCUT2D eigenvalue weighted by molar-refractivity contribution is 5.74. The van der Waals surface area contributed by atoms with E-state index in [1.54, 1.807) is 18.6 Å². The Morgan fingerprint density at radius 1 is 1.20 bits per heavy atom. The molecule has 0 aliphatic heterocycles.